The first kappa shape index (κ1) is 16.4. The maximum absolute atomic E-state index is 3.90. The third-order valence-electron chi connectivity index (χ3n) is 2.08. The highest BCUT2D eigenvalue weighted by Gasteiger charge is 1.82. The monoisotopic (exact) mass is 250 g/mol. The molecule has 0 unspecified atom stereocenters. The maximum Gasteiger partial charge on any atom is 0.0945 e. The second kappa shape index (κ2) is 11.9. The van der Waals surface area contributed by atoms with Gasteiger partial charge in [0.2, 0.25) is 0 Å². The van der Waals surface area contributed by atoms with Gasteiger partial charge < -0.3 is 9.13 Å². The minimum atomic E-state index is 1.08. The fourth-order valence-electron chi connectivity index (χ4n) is 1.35. The number of aryl methyl sites for hydroxylation is 2. The topological polar surface area (TPSA) is 35.6 Å². The number of imidazole rings is 2. The van der Waals surface area contributed by atoms with Gasteiger partial charge in [0.1, 0.15) is 0 Å². The molecule has 4 nitrogen and oxygen atoms in total. The summed E-state index contributed by atoms with van der Waals surface area (Å²) in [6, 6.07) is 0. The van der Waals surface area contributed by atoms with Crippen LogP contribution in [0.4, 0.5) is 0 Å². The Morgan fingerprint density at radius 1 is 0.778 bits per heavy atom. The van der Waals surface area contributed by atoms with Crippen molar-refractivity contribution in [3.63, 3.8) is 0 Å². The van der Waals surface area contributed by atoms with Gasteiger partial charge in [-0.15, -0.1) is 0 Å². The third kappa shape index (κ3) is 7.65. The average Bonchev–Trinajstić information content (AvgIpc) is 3.07. The van der Waals surface area contributed by atoms with Gasteiger partial charge in [-0.1, -0.05) is 27.7 Å². The SMILES string of the molecule is CC.CCCn1ccnc1.CCCn1ccnc1. The molecule has 2 aromatic rings. The second-order valence-electron chi connectivity index (χ2n) is 3.60. The predicted molar refractivity (Wildman–Crippen MR) is 76.4 cm³/mol. The molecular weight excluding hydrogens is 224 g/mol. The van der Waals surface area contributed by atoms with Gasteiger partial charge in [-0.3, -0.25) is 0 Å². The highest BCUT2D eigenvalue weighted by molar-refractivity contribution is 4.73. The lowest BCUT2D eigenvalue weighted by Crippen LogP contribution is -1.90. The van der Waals surface area contributed by atoms with Gasteiger partial charge in [0.05, 0.1) is 12.7 Å². The highest BCUT2D eigenvalue weighted by Crippen LogP contribution is 1.87. The Labute approximate surface area is 111 Å². The molecule has 0 radical (unpaired) electrons. The van der Waals surface area contributed by atoms with Crippen LogP contribution in [0.25, 0.3) is 0 Å². The molecule has 18 heavy (non-hydrogen) atoms. The summed E-state index contributed by atoms with van der Waals surface area (Å²) in [4.78, 5) is 7.81. The summed E-state index contributed by atoms with van der Waals surface area (Å²) < 4.78 is 4.14. The van der Waals surface area contributed by atoms with Crippen LogP contribution in [0, 0.1) is 0 Å². The summed E-state index contributed by atoms with van der Waals surface area (Å²) in [7, 11) is 0. The van der Waals surface area contributed by atoms with Crippen molar-refractivity contribution in [2.24, 2.45) is 0 Å². The minimum Gasteiger partial charge on any atom is -0.338 e. The molecule has 0 aliphatic carbocycles. The van der Waals surface area contributed by atoms with Crippen molar-refractivity contribution in [3.05, 3.63) is 37.4 Å². The van der Waals surface area contributed by atoms with E-state index in [1.807, 2.05) is 38.9 Å². The Morgan fingerprint density at radius 3 is 1.39 bits per heavy atom. The summed E-state index contributed by atoms with van der Waals surface area (Å²) in [5.41, 5.74) is 0. The normalized spacial score (nSPS) is 8.89. The van der Waals surface area contributed by atoms with Gasteiger partial charge in [0.25, 0.3) is 0 Å². The Hall–Kier alpha value is -1.58. The zero-order valence-electron chi connectivity index (χ0n) is 12.1. The average molecular weight is 250 g/mol. The molecule has 0 aliphatic heterocycles. The van der Waals surface area contributed by atoms with Crippen LogP contribution in [0.2, 0.25) is 0 Å². The Balaban J connectivity index is 0.000000283. The van der Waals surface area contributed by atoms with Crippen LogP contribution in [-0.4, -0.2) is 19.1 Å². The minimum absolute atomic E-state index is 1.08. The Morgan fingerprint density at radius 2 is 1.17 bits per heavy atom. The highest BCUT2D eigenvalue weighted by atomic mass is 15.0. The molecule has 0 fully saturated rings. The largest absolute Gasteiger partial charge is 0.338 e. The van der Waals surface area contributed by atoms with Crippen molar-refractivity contribution >= 4 is 0 Å². The lowest BCUT2D eigenvalue weighted by molar-refractivity contribution is 0.678. The molecule has 0 saturated heterocycles. The summed E-state index contributed by atoms with van der Waals surface area (Å²) in [5, 5.41) is 0. The molecule has 102 valence electrons. The third-order valence-corrected chi connectivity index (χ3v) is 2.08. The van der Waals surface area contributed by atoms with E-state index in [1.165, 1.54) is 12.8 Å². The zero-order valence-corrected chi connectivity index (χ0v) is 12.1. The van der Waals surface area contributed by atoms with Gasteiger partial charge in [-0.25, -0.2) is 9.97 Å². The van der Waals surface area contributed by atoms with E-state index in [9.17, 15) is 0 Å². The molecule has 0 atom stereocenters. The van der Waals surface area contributed by atoms with Crippen LogP contribution in [0.3, 0.4) is 0 Å². The second-order valence-corrected chi connectivity index (χ2v) is 3.60. The van der Waals surface area contributed by atoms with Crippen molar-refractivity contribution in [2.75, 3.05) is 0 Å². The molecule has 0 saturated carbocycles. The van der Waals surface area contributed by atoms with E-state index in [2.05, 4.69) is 32.9 Å². The fourth-order valence-corrected chi connectivity index (χ4v) is 1.35. The van der Waals surface area contributed by atoms with E-state index in [4.69, 9.17) is 0 Å². The zero-order chi connectivity index (χ0) is 13.6. The van der Waals surface area contributed by atoms with Crippen LogP contribution in [0.15, 0.2) is 37.4 Å². The van der Waals surface area contributed by atoms with E-state index in [-0.39, 0.29) is 0 Å². The molecule has 2 rings (SSSR count). The number of rotatable bonds is 4. The first-order chi connectivity index (χ1) is 8.86. The van der Waals surface area contributed by atoms with Crippen molar-refractivity contribution in [1.82, 2.24) is 19.1 Å². The lowest BCUT2D eigenvalue weighted by atomic mass is 10.5. The van der Waals surface area contributed by atoms with Gasteiger partial charge in [-0.05, 0) is 12.8 Å². The van der Waals surface area contributed by atoms with E-state index < -0.39 is 0 Å². The van der Waals surface area contributed by atoms with Gasteiger partial charge in [0.15, 0.2) is 0 Å². The van der Waals surface area contributed by atoms with Crippen molar-refractivity contribution < 1.29 is 0 Å². The molecule has 0 spiro atoms. The van der Waals surface area contributed by atoms with Crippen molar-refractivity contribution in [2.45, 2.75) is 53.6 Å². The van der Waals surface area contributed by atoms with Crippen LogP contribution in [0.1, 0.15) is 40.5 Å². The summed E-state index contributed by atoms with van der Waals surface area (Å²) >= 11 is 0. The standard InChI is InChI=1S/2C6H10N2.C2H6/c2*1-2-4-8-5-3-7-6-8;1-2/h2*3,5-6H,2,4H2,1H3;1-2H3. The molecule has 0 N–H and O–H groups in total. The summed E-state index contributed by atoms with van der Waals surface area (Å²) in [6.07, 6.45) is 13.6. The predicted octanol–water partition coefficient (Wildman–Crippen LogP) is 3.61. The molecular formula is C14H26N4. The molecule has 0 bridgehead atoms. The number of nitrogens with zero attached hydrogens (tertiary/aromatic N) is 4. The van der Waals surface area contributed by atoms with Crippen molar-refractivity contribution in [3.8, 4) is 0 Å². The molecule has 4 heteroatoms. The molecule has 0 aliphatic rings. The number of hydrogen-bond acceptors (Lipinski definition) is 2. The Bertz CT molecular complexity index is 302. The molecule has 0 amide bonds. The van der Waals surface area contributed by atoms with Crippen LogP contribution >= 0.6 is 0 Å². The van der Waals surface area contributed by atoms with E-state index in [1.54, 1.807) is 12.4 Å². The van der Waals surface area contributed by atoms with E-state index in [0.717, 1.165) is 13.1 Å². The quantitative estimate of drug-likeness (QED) is 0.831. The summed E-state index contributed by atoms with van der Waals surface area (Å²) in [6.45, 7) is 10.5. The van der Waals surface area contributed by atoms with Crippen molar-refractivity contribution in [1.29, 1.82) is 0 Å². The van der Waals surface area contributed by atoms with E-state index >= 15 is 0 Å². The van der Waals surface area contributed by atoms with Gasteiger partial charge >= 0.3 is 0 Å². The summed E-state index contributed by atoms with van der Waals surface area (Å²) in [5.74, 6) is 0. The van der Waals surface area contributed by atoms with Gasteiger partial charge in [-0.2, -0.15) is 0 Å². The number of aromatic nitrogens is 4. The molecule has 2 heterocycles. The fraction of sp³-hybridized carbons (Fsp3) is 0.571. The van der Waals surface area contributed by atoms with Gasteiger partial charge in [0, 0.05) is 37.9 Å². The number of hydrogen-bond donors (Lipinski definition) is 0. The van der Waals surface area contributed by atoms with Crippen LogP contribution in [-0.2, 0) is 13.1 Å². The van der Waals surface area contributed by atoms with Crippen LogP contribution < -0.4 is 0 Å². The first-order valence-corrected chi connectivity index (χ1v) is 6.78. The molecule has 2 aromatic heterocycles. The van der Waals surface area contributed by atoms with Crippen LogP contribution in [0.5, 0.6) is 0 Å². The Kier molecular flexibility index (Phi) is 10.8. The molecule has 0 aromatic carbocycles. The lowest BCUT2D eigenvalue weighted by Gasteiger charge is -1.93. The first-order valence-electron chi connectivity index (χ1n) is 6.78. The maximum atomic E-state index is 3.90. The smallest absolute Gasteiger partial charge is 0.0945 e. The van der Waals surface area contributed by atoms with E-state index in [0.29, 0.717) is 0 Å².